The molecule has 0 aliphatic heterocycles. The second-order valence-electron chi connectivity index (χ2n) is 5.62. The second-order valence-corrected chi connectivity index (χ2v) is 5.62. The molecule has 7 nitrogen and oxygen atoms in total. The highest BCUT2D eigenvalue weighted by Gasteiger charge is 2.05. The zero-order valence-corrected chi connectivity index (χ0v) is 17.7. The van der Waals surface area contributed by atoms with Gasteiger partial charge in [0.2, 0.25) is 5.91 Å². The Balaban J connectivity index is 0.00000576. The molecule has 1 aromatic rings. The molecule has 1 rings (SSSR count). The van der Waals surface area contributed by atoms with Crippen molar-refractivity contribution in [2.24, 2.45) is 10.9 Å². The molecule has 1 amide bonds. The van der Waals surface area contributed by atoms with Crippen LogP contribution in [0.1, 0.15) is 33.0 Å². The minimum absolute atomic E-state index is 0. The van der Waals surface area contributed by atoms with E-state index in [0.717, 1.165) is 24.7 Å². The molecule has 0 atom stereocenters. The third kappa shape index (κ3) is 11.8. The Morgan fingerprint density at radius 2 is 2.04 bits per heavy atom. The van der Waals surface area contributed by atoms with Gasteiger partial charge in [-0.25, -0.2) is 0 Å². The van der Waals surface area contributed by atoms with Gasteiger partial charge in [0.25, 0.3) is 0 Å². The summed E-state index contributed by atoms with van der Waals surface area (Å²) < 4.78 is 10.7. The second kappa shape index (κ2) is 15.0. The summed E-state index contributed by atoms with van der Waals surface area (Å²) in [6.45, 7) is 9.57. The van der Waals surface area contributed by atoms with Crippen molar-refractivity contribution in [3.05, 3.63) is 24.2 Å². The van der Waals surface area contributed by atoms with E-state index >= 15 is 0 Å². The SMILES string of the molecule is CCNC(=NCCCOCc1ccco1)NCCNC(=O)C(C)C.I. The van der Waals surface area contributed by atoms with Gasteiger partial charge in [0.1, 0.15) is 12.4 Å². The molecule has 0 aliphatic rings. The zero-order chi connectivity index (χ0) is 17.6. The predicted molar refractivity (Wildman–Crippen MR) is 110 cm³/mol. The van der Waals surface area contributed by atoms with Gasteiger partial charge >= 0.3 is 0 Å². The molecule has 144 valence electrons. The first kappa shape index (κ1) is 23.7. The Morgan fingerprint density at radius 1 is 1.28 bits per heavy atom. The number of hydrogen-bond donors (Lipinski definition) is 3. The molecule has 0 saturated heterocycles. The normalized spacial score (nSPS) is 11.1. The van der Waals surface area contributed by atoms with Crippen LogP contribution in [-0.4, -0.2) is 44.7 Å². The summed E-state index contributed by atoms with van der Waals surface area (Å²) in [5.41, 5.74) is 0. The lowest BCUT2D eigenvalue weighted by molar-refractivity contribution is -0.123. The van der Waals surface area contributed by atoms with Gasteiger partial charge in [0, 0.05) is 38.7 Å². The van der Waals surface area contributed by atoms with E-state index in [9.17, 15) is 4.79 Å². The molecule has 0 aliphatic carbocycles. The van der Waals surface area contributed by atoms with Crippen LogP contribution in [0.4, 0.5) is 0 Å². The summed E-state index contributed by atoms with van der Waals surface area (Å²) in [6, 6.07) is 3.74. The molecule has 0 spiro atoms. The van der Waals surface area contributed by atoms with E-state index in [1.807, 2.05) is 32.9 Å². The number of carbonyl (C=O) groups excluding carboxylic acids is 1. The van der Waals surface area contributed by atoms with Gasteiger partial charge < -0.3 is 25.1 Å². The van der Waals surface area contributed by atoms with Crippen LogP contribution < -0.4 is 16.0 Å². The van der Waals surface area contributed by atoms with E-state index in [1.54, 1.807) is 6.26 Å². The Hall–Kier alpha value is -1.29. The van der Waals surface area contributed by atoms with Crippen LogP contribution in [0.15, 0.2) is 27.8 Å². The minimum atomic E-state index is 0. The molecule has 0 saturated carbocycles. The van der Waals surface area contributed by atoms with Crippen molar-refractivity contribution in [3.63, 3.8) is 0 Å². The number of aliphatic imine (C=N–C) groups is 1. The van der Waals surface area contributed by atoms with Gasteiger partial charge in [-0.05, 0) is 25.5 Å². The van der Waals surface area contributed by atoms with Crippen LogP contribution >= 0.6 is 24.0 Å². The fraction of sp³-hybridized carbons (Fsp3) is 0.647. The number of amides is 1. The molecular formula is C17H31IN4O3. The lowest BCUT2D eigenvalue weighted by Gasteiger charge is -2.12. The average Bonchev–Trinajstić information content (AvgIpc) is 3.07. The van der Waals surface area contributed by atoms with Gasteiger partial charge in [-0.15, -0.1) is 24.0 Å². The maximum atomic E-state index is 11.5. The number of ether oxygens (including phenoxy) is 1. The van der Waals surface area contributed by atoms with Crippen LogP contribution in [0, 0.1) is 5.92 Å². The number of rotatable bonds is 11. The van der Waals surface area contributed by atoms with Crippen molar-refractivity contribution >= 4 is 35.8 Å². The number of hydrogen-bond acceptors (Lipinski definition) is 4. The number of halogens is 1. The van der Waals surface area contributed by atoms with E-state index < -0.39 is 0 Å². The molecular weight excluding hydrogens is 435 g/mol. The van der Waals surface area contributed by atoms with E-state index in [2.05, 4.69) is 20.9 Å². The van der Waals surface area contributed by atoms with Crippen LogP contribution in [0.2, 0.25) is 0 Å². The third-order valence-corrected chi connectivity index (χ3v) is 3.13. The monoisotopic (exact) mass is 466 g/mol. The first-order chi connectivity index (χ1) is 11.6. The van der Waals surface area contributed by atoms with Crippen molar-refractivity contribution in [1.29, 1.82) is 0 Å². The van der Waals surface area contributed by atoms with E-state index in [1.165, 1.54) is 0 Å². The smallest absolute Gasteiger partial charge is 0.222 e. The molecule has 3 N–H and O–H groups in total. The summed E-state index contributed by atoms with van der Waals surface area (Å²) in [6.07, 6.45) is 2.47. The van der Waals surface area contributed by atoms with E-state index in [-0.39, 0.29) is 35.8 Å². The van der Waals surface area contributed by atoms with Gasteiger partial charge in [-0.2, -0.15) is 0 Å². The van der Waals surface area contributed by atoms with Crippen LogP contribution in [-0.2, 0) is 16.1 Å². The topological polar surface area (TPSA) is 87.9 Å². The van der Waals surface area contributed by atoms with Crippen molar-refractivity contribution in [1.82, 2.24) is 16.0 Å². The van der Waals surface area contributed by atoms with Crippen molar-refractivity contribution in [2.75, 3.05) is 32.8 Å². The highest BCUT2D eigenvalue weighted by molar-refractivity contribution is 14.0. The first-order valence-electron chi connectivity index (χ1n) is 8.53. The molecule has 0 bridgehead atoms. The van der Waals surface area contributed by atoms with Gasteiger partial charge in [0.05, 0.1) is 6.26 Å². The fourth-order valence-electron chi connectivity index (χ4n) is 1.84. The summed E-state index contributed by atoms with van der Waals surface area (Å²) in [4.78, 5) is 15.9. The maximum Gasteiger partial charge on any atom is 0.222 e. The third-order valence-electron chi connectivity index (χ3n) is 3.13. The minimum Gasteiger partial charge on any atom is -0.467 e. The van der Waals surface area contributed by atoms with Crippen LogP contribution in [0.25, 0.3) is 0 Å². The molecule has 1 aromatic heterocycles. The lowest BCUT2D eigenvalue weighted by atomic mass is 10.2. The van der Waals surface area contributed by atoms with Crippen LogP contribution in [0.5, 0.6) is 0 Å². The van der Waals surface area contributed by atoms with E-state index in [4.69, 9.17) is 9.15 Å². The Morgan fingerprint density at radius 3 is 2.68 bits per heavy atom. The molecule has 1 heterocycles. The molecule has 0 fully saturated rings. The summed E-state index contributed by atoms with van der Waals surface area (Å²) in [7, 11) is 0. The zero-order valence-electron chi connectivity index (χ0n) is 15.3. The Bertz CT molecular complexity index is 478. The molecule has 0 aromatic carbocycles. The average molecular weight is 466 g/mol. The Labute approximate surface area is 167 Å². The number of furan rings is 1. The fourth-order valence-corrected chi connectivity index (χ4v) is 1.84. The molecule has 0 unspecified atom stereocenters. The predicted octanol–water partition coefficient (Wildman–Crippen LogP) is 2.13. The lowest BCUT2D eigenvalue weighted by Crippen LogP contribution is -2.42. The van der Waals surface area contributed by atoms with Crippen LogP contribution in [0.3, 0.4) is 0 Å². The molecule has 0 radical (unpaired) electrons. The summed E-state index contributed by atoms with van der Waals surface area (Å²) in [5, 5.41) is 9.24. The number of nitrogens with one attached hydrogen (secondary N) is 3. The largest absolute Gasteiger partial charge is 0.467 e. The van der Waals surface area contributed by atoms with Crippen molar-refractivity contribution < 1.29 is 13.9 Å². The molecule has 8 heteroatoms. The van der Waals surface area contributed by atoms with Crippen molar-refractivity contribution in [3.8, 4) is 0 Å². The first-order valence-corrected chi connectivity index (χ1v) is 8.53. The summed E-state index contributed by atoms with van der Waals surface area (Å²) >= 11 is 0. The Kier molecular flexibility index (Phi) is 14.2. The van der Waals surface area contributed by atoms with Gasteiger partial charge in [0.15, 0.2) is 5.96 Å². The number of nitrogens with zero attached hydrogens (tertiary/aromatic N) is 1. The van der Waals surface area contributed by atoms with Crippen molar-refractivity contribution in [2.45, 2.75) is 33.8 Å². The molecule has 25 heavy (non-hydrogen) atoms. The summed E-state index contributed by atoms with van der Waals surface area (Å²) in [5.74, 6) is 1.65. The quantitative estimate of drug-likeness (QED) is 0.201. The standard InChI is InChI=1S/C17H30N4O3.HI/c1-4-18-17(21-10-9-19-16(22)14(2)3)20-8-6-11-23-13-15-7-5-12-24-15;/h5,7,12,14H,4,6,8-11,13H2,1-3H3,(H,19,22)(H2,18,20,21);1H. The number of carbonyl (C=O) groups is 1. The highest BCUT2D eigenvalue weighted by atomic mass is 127. The highest BCUT2D eigenvalue weighted by Crippen LogP contribution is 2.01. The number of guanidine groups is 1. The van der Waals surface area contributed by atoms with Gasteiger partial charge in [-0.3, -0.25) is 9.79 Å². The van der Waals surface area contributed by atoms with E-state index in [0.29, 0.717) is 32.8 Å². The maximum absolute atomic E-state index is 11.5. The van der Waals surface area contributed by atoms with Gasteiger partial charge in [-0.1, -0.05) is 13.8 Å².